The Kier molecular flexibility index (Phi) is 2.70. The van der Waals surface area contributed by atoms with Crippen molar-refractivity contribution in [2.24, 2.45) is 17.3 Å². The minimum absolute atomic E-state index is 0.114. The molecule has 0 spiro atoms. The van der Waals surface area contributed by atoms with Crippen LogP contribution >= 0.6 is 0 Å². The molecule has 1 aromatic rings. The molecule has 1 saturated heterocycles. The number of benzene rings is 1. The predicted octanol–water partition coefficient (Wildman–Crippen LogP) is 1.18. The van der Waals surface area contributed by atoms with E-state index >= 15 is 0 Å². The molecule has 2 fully saturated rings. The lowest BCUT2D eigenvalue weighted by Gasteiger charge is -2.20. The highest BCUT2D eigenvalue weighted by Gasteiger charge is 2.72. The van der Waals surface area contributed by atoms with E-state index in [1.54, 1.807) is 24.3 Å². The van der Waals surface area contributed by atoms with Gasteiger partial charge in [0, 0.05) is 5.56 Å². The van der Waals surface area contributed by atoms with Crippen LogP contribution in [0.15, 0.2) is 24.3 Å². The molecule has 2 aliphatic rings. The van der Waals surface area contributed by atoms with E-state index in [-0.39, 0.29) is 35.7 Å². The minimum atomic E-state index is -0.218. The fourth-order valence-electron chi connectivity index (χ4n) is 3.07. The van der Waals surface area contributed by atoms with Crippen molar-refractivity contribution in [3.8, 4) is 11.8 Å². The molecule has 20 heavy (non-hydrogen) atoms. The fourth-order valence-corrected chi connectivity index (χ4v) is 3.07. The van der Waals surface area contributed by atoms with Gasteiger partial charge in [-0.15, -0.1) is 0 Å². The monoisotopic (exact) mass is 269 g/mol. The molecule has 1 heterocycles. The molecule has 0 bridgehead atoms. The number of carbonyl (C=O) groups excluding carboxylic acids is 2. The van der Waals surface area contributed by atoms with Gasteiger partial charge in [0.2, 0.25) is 11.8 Å². The van der Waals surface area contributed by atoms with Crippen molar-refractivity contribution in [1.29, 1.82) is 0 Å². The van der Waals surface area contributed by atoms with Crippen LogP contribution in [0.2, 0.25) is 0 Å². The molecule has 2 atom stereocenters. The van der Waals surface area contributed by atoms with Gasteiger partial charge in [-0.1, -0.05) is 31.8 Å². The molecule has 1 aliphatic carbocycles. The Morgan fingerprint density at radius 1 is 1.25 bits per heavy atom. The molecule has 3 rings (SSSR count). The van der Waals surface area contributed by atoms with Gasteiger partial charge in [-0.3, -0.25) is 9.59 Å². The van der Waals surface area contributed by atoms with Crippen LogP contribution in [0.25, 0.3) is 0 Å². The molecule has 1 aromatic carbocycles. The second-order valence-corrected chi connectivity index (χ2v) is 5.80. The van der Waals surface area contributed by atoms with E-state index in [1.165, 1.54) is 4.90 Å². The maximum absolute atomic E-state index is 12.3. The van der Waals surface area contributed by atoms with Crippen molar-refractivity contribution < 1.29 is 14.7 Å². The number of amides is 2. The van der Waals surface area contributed by atoms with Gasteiger partial charge >= 0.3 is 0 Å². The van der Waals surface area contributed by atoms with Crippen molar-refractivity contribution in [2.45, 2.75) is 13.8 Å². The first-order chi connectivity index (χ1) is 9.48. The molecule has 2 amide bonds. The van der Waals surface area contributed by atoms with Gasteiger partial charge in [-0.25, -0.2) is 4.90 Å². The van der Waals surface area contributed by atoms with E-state index in [0.29, 0.717) is 11.3 Å². The Morgan fingerprint density at radius 3 is 2.50 bits per heavy atom. The number of nitrogens with zero attached hydrogens (tertiary/aromatic N) is 1. The number of rotatable bonds is 1. The van der Waals surface area contributed by atoms with Gasteiger partial charge in [0.1, 0.15) is 6.61 Å². The highest BCUT2D eigenvalue weighted by atomic mass is 16.2. The van der Waals surface area contributed by atoms with Crippen molar-refractivity contribution >= 4 is 17.5 Å². The number of aliphatic hydroxyl groups excluding tert-OH is 1. The summed E-state index contributed by atoms with van der Waals surface area (Å²) < 4.78 is 0. The molecule has 4 nitrogen and oxygen atoms in total. The van der Waals surface area contributed by atoms with Crippen LogP contribution in [-0.4, -0.2) is 23.5 Å². The highest BCUT2D eigenvalue weighted by molar-refractivity contribution is 6.25. The summed E-state index contributed by atoms with van der Waals surface area (Å²) in [6, 6.07) is 6.97. The van der Waals surface area contributed by atoms with Gasteiger partial charge in [0.05, 0.1) is 17.5 Å². The maximum atomic E-state index is 12.3. The summed E-state index contributed by atoms with van der Waals surface area (Å²) in [5, 5.41) is 8.70. The molecule has 1 aliphatic heterocycles. The Hall–Kier alpha value is -2.12. The van der Waals surface area contributed by atoms with Crippen molar-refractivity contribution in [2.75, 3.05) is 11.5 Å². The lowest BCUT2D eigenvalue weighted by Crippen LogP contribution is -2.36. The van der Waals surface area contributed by atoms with Crippen LogP contribution in [0.1, 0.15) is 19.4 Å². The number of carbonyl (C=O) groups is 2. The average Bonchev–Trinajstić information content (AvgIpc) is 2.87. The first-order valence-electron chi connectivity index (χ1n) is 6.56. The number of fused-ring (bicyclic) bond motifs is 1. The van der Waals surface area contributed by atoms with Gasteiger partial charge in [0.25, 0.3) is 0 Å². The Labute approximate surface area is 117 Å². The van der Waals surface area contributed by atoms with E-state index in [1.807, 2.05) is 13.8 Å². The average molecular weight is 269 g/mol. The fraction of sp³-hybridized carbons (Fsp3) is 0.375. The van der Waals surface area contributed by atoms with Crippen molar-refractivity contribution in [1.82, 2.24) is 0 Å². The maximum Gasteiger partial charge on any atom is 0.238 e. The second-order valence-electron chi connectivity index (χ2n) is 5.80. The van der Waals surface area contributed by atoms with E-state index in [2.05, 4.69) is 11.8 Å². The second kappa shape index (κ2) is 4.19. The van der Waals surface area contributed by atoms with Crippen LogP contribution in [-0.2, 0) is 9.59 Å². The molecule has 2 unspecified atom stereocenters. The van der Waals surface area contributed by atoms with Crippen LogP contribution in [0.4, 0.5) is 5.69 Å². The zero-order valence-corrected chi connectivity index (χ0v) is 11.4. The number of anilines is 1. The van der Waals surface area contributed by atoms with Crippen LogP contribution in [0, 0.1) is 29.1 Å². The summed E-state index contributed by atoms with van der Waals surface area (Å²) in [6.07, 6.45) is 0. The van der Waals surface area contributed by atoms with Crippen LogP contribution in [0.3, 0.4) is 0 Å². The number of aliphatic hydroxyl groups is 1. The molecule has 1 saturated carbocycles. The standard InChI is InChI=1S/C16H15NO3/c1-16(2)12-13(16)15(20)17(14(12)19)11-7-3-5-10(9-11)6-4-8-18/h3,5,7,9,12-13,18H,8H2,1-2H3. The quantitative estimate of drug-likeness (QED) is 0.615. The topological polar surface area (TPSA) is 57.6 Å². The van der Waals surface area contributed by atoms with Gasteiger partial charge in [0.15, 0.2) is 0 Å². The highest BCUT2D eigenvalue weighted by Crippen LogP contribution is 2.63. The summed E-state index contributed by atoms with van der Waals surface area (Å²) >= 11 is 0. The summed E-state index contributed by atoms with van der Waals surface area (Å²) in [7, 11) is 0. The third-order valence-electron chi connectivity index (χ3n) is 4.22. The summed E-state index contributed by atoms with van der Waals surface area (Å²) in [4.78, 5) is 25.9. The van der Waals surface area contributed by atoms with Gasteiger partial charge in [-0.05, 0) is 23.6 Å². The number of hydrogen-bond donors (Lipinski definition) is 1. The Balaban J connectivity index is 1.92. The normalized spacial score (nSPS) is 26.1. The predicted molar refractivity (Wildman–Crippen MR) is 73.7 cm³/mol. The van der Waals surface area contributed by atoms with Crippen molar-refractivity contribution in [3.63, 3.8) is 0 Å². The third-order valence-corrected chi connectivity index (χ3v) is 4.22. The molecular formula is C16H15NO3. The molecule has 4 heteroatoms. The Morgan fingerprint density at radius 2 is 1.90 bits per heavy atom. The van der Waals surface area contributed by atoms with Crippen molar-refractivity contribution in [3.05, 3.63) is 29.8 Å². The van der Waals surface area contributed by atoms with Crippen LogP contribution in [0.5, 0.6) is 0 Å². The smallest absolute Gasteiger partial charge is 0.238 e. The molecule has 1 N–H and O–H groups in total. The van der Waals surface area contributed by atoms with E-state index in [0.717, 1.165) is 0 Å². The number of piperidine rings is 1. The molecular weight excluding hydrogens is 254 g/mol. The van der Waals surface area contributed by atoms with E-state index < -0.39 is 0 Å². The number of imide groups is 1. The largest absolute Gasteiger partial charge is 0.384 e. The summed E-state index contributed by atoms with van der Waals surface area (Å²) in [6.45, 7) is 3.70. The zero-order chi connectivity index (χ0) is 14.5. The lowest BCUT2D eigenvalue weighted by atomic mass is 10.0. The van der Waals surface area contributed by atoms with Gasteiger partial charge < -0.3 is 5.11 Å². The molecule has 102 valence electrons. The molecule has 0 radical (unpaired) electrons. The van der Waals surface area contributed by atoms with Crippen LogP contribution < -0.4 is 4.90 Å². The minimum Gasteiger partial charge on any atom is -0.384 e. The summed E-state index contributed by atoms with van der Waals surface area (Å²) in [5.41, 5.74) is 1.05. The van der Waals surface area contributed by atoms with E-state index in [4.69, 9.17) is 5.11 Å². The SMILES string of the molecule is CC1(C)C2C(=O)N(c3cccc(C#CCO)c3)C(=O)C21. The molecule has 0 aromatic heterocycles. The first kappa shape index (κ1) is 12.9. The Bertz CT molecular complexity index is 642. The van der Waals surface area contributed by atoms with E-state index in [9.17, 15) is 9.59 Å². The summed E-state index contributed by atoms with van der Waals surface area (Å²) in [5.74, 6) is 4.75. The zero-order valence-electron chi connectivity index (χ0n) is 11.4. The third kappa shape index (κ3) is 1.67. The number of hydrogen-bond acceptors (Lipinski definition) is 3. The lowest BCUT2D eigenvalue weighted by molar-refractivity contribution is -0.125. The first-order valence-corrected chi connectivity index (χ1v) is 6.56. The van der Waals surface area contributed by atoms with Gasteiger partial charge in [-0.2, -0.15) is 0 Å².